The first-order valence-corrected chi connectivity index (χ1v) is 10.6. The normalized spacial score (nSPS) is 11.9. The molecule has 5 nitrogen and oxygen atoms in total. The predicted molar refractivity (Wildman–Crippen MR) is 116 cm³/mol. The van der Waals surface area contributed by atoms with E-state index in [1.807, 2.05) is 30.3 Å². The molecule has 30 heavy (non-hydrogen) atoms. The van der Waals surface area contributed by atoms with Crippen LogP contribution in [0.1, 0.15) is 22.0 Å². The molecular weight excluding hydrogens is 400 g/mol. The molecule has 6 heteroatoms. The third-order valence-electron chi connectivity index (χ3n) is 4.44. The maximum absolute atomic E-state index is 11.9. The molecule has 0 fully saturated rings. The molecule has 0 aliphatic heterocycles. The quantitative estimate of drug-likeness (QED) is 0.369. The third kappa shape index (κ3) is 5.39. The van der Waals surface area contributed by atoms with E-state index >= 15 is 0 Å². The summed E-state index contributed by atoms with van der Waals surface area (Å²) in [5.41, 5.74) is 1.15. The Morgan fingerprint density at radius 1 is 0.700 bits per heavy atom. The van der Waals surface area contributed by atoms with Gasteiger partial charge in [0, 0.05) is 5.56 Å². The summed E-state index contributed by atoms with van der Waals surface area (Å²) in [5, 5.41) is 11.6. The van der Waals surface area contributed by atoms with Gasteiger partial charge < -0.3 is 5.11 Å². The molecule has 4 rings (SSSR count). The first-order chi connectivity index (χ1) is 14.4. The average Bonchev–Trinajstić information content (AvgIpc) is 2.79. The van der Waals surface area contributed by atoms with E-state index in [1.54, 1.807) is 60.7 Å². The summed E-state index contributed by atoms with van der Waals surface area (Å²) in [4.78, 5) is 11.8. The van der Waals surface area contributed by atoms with Crippen molar-refractivity contribution in [3.63, 3.8) is 0 Å². The number of hydrogen-bond acceptors (Lipinski definition) is 4. The zero-order chi connectivity index (χ0) is 21.6. The molecule has 0 aliphatic carbocycles. The van der Waals surface area contributed by atoms with Crippen molar-refractivity contribution >= 4 is 26.7 Å². The topological polar surface area (TPSA) is 91.7 Å². The Labute approximate surface area is 175 Å². The number of rotatable bonds is 4. The number of hydrogen-bond donors (Lipinski definition) is 2. The molecule has 0 saturated carbocycles. The van der Waals surface area contributed by atoms with Crippen molar-refractivity contribution < 1.29 is 22.9 Å². The smallest absolute Gasteiger partial charge is 0.294 e. The fourth-order valence-corrected chi connectivity index (χ4v) is 3.39. The van der Waals surface area contributed by atoms with Crippen molar-refractivity contribution in [2.45, 2.75) is 11.0 Å². The van der Waals surface area contributed by atoms with Crippen molar-refractivity contribution in [3.05, 3.63) is 114 Å². The Balaban J connectivity index is 0.000000172. The summed E-state index contributed by atoms with van der Waals surface area (Å²) < 4.78 is 30.5. The van der Waals surface area contributed by atoms with Gasteiger partial charge in [-0.2, -0.15) is 8.42 Å². The summed E-state index contributed by atoms with van der Waals surface area (Å²) in [6.07, 6.45) is -1.08. The standard InChI is InChI=1S/C14H12O2.C10H8O3S/c15-13(11-7-3-1-4-8-11)14(16)12-9-5-2-6-10-12;11-14(12,13)10-6-5-8-3-1-2-4-9(8)7-10/h1-10,13,15H;1-7H,(H,11,12,13). The van der Waals surface area contributed by atoms with Crippen LogP contribution in [0, 0.1) is 0 Å². The van der Waals surface area contributed by atoms with Crippen LogP contribution in [0.2, 0.25) is 0 Å². The van der Waals surface area contributed by atoms with Gasteiger partial charge in [0.2, 0.25) is 0 Å². The van der Waals surface area contributed by atoms with Crippen molar-refractivity contribution in [1.82, 2.24) is 0 Å². The average molecular weight is 420 g/mol. The van der Waals surface area contributed by atoms with Gasteiger partial charge in [0.15, 0.2) is 5.78 Å². The Morgan fingerprint density at radius 2 is 1.23 bits per heavy atom. The van der Waals surface area contributed by atoms with Crippen molar-refractivity contribution in [2.24, 2.45) is 0 Å². The molecule has 0 spiro atoms. The number of carbonyl (C=O) groups is 1. The van der Waals surface area contributed by atoms with Crippen molar-refractivity contribution in [3.8, 4) is 0 Å². The summed E-state index contributed by atoms with van der Waals surface area (Å²) in [5.74, 6) is -0.271. The second kappa shape index (κ2) is 9.45. The molecule has 0 aromatic heterocycles. The highest BCUT2D eigenvalue weighted by molar-refractivity contribution is 7.85. The number of aliphatic hydroxyl groups is 1. The van der Waals surface area contributed by atoms with Gasteiger partial charge in [-0.3, -0.25) is 9.35 Å². The van der Waals surface area contributed by atoms with E-state index in [0.29, 0.717) is 11.1 Å². The largest absolute Gasteiger partial charge is 0.380 e. The highest BCUT2D eigenvalue weighted by Gasteiger charge is 2.18. The van der Waals surface area contributed by atoms with Gasteiger partial charge in [-0.05, 0) is 28.5 Å². The summed E-state index contributed by atoms with van der Waals surface area (Å²) in [6, 6.07) is 29.6. The Bertz CT molecular complexity index is 1240. The number of aliphatic hydroxyl groups excluding tert-OH is 1. The van der Waals surface area contributed by atoms with E-state index in [1.165, 1.54) is 12.1 Å². The molecule has 1 unspecified atom stereocenters. The van der Waals surface area contributed by atoms with E-state index in [0.717, 1.165) is 10.8 Å². The van der Waals surface area contributed by atoms with E-state index < -0.39 is 16.2 Å². The minimum Gasteiger partial charge on any atom is -0.380 e. The number of benzene rings is 4. The van der Waals surface area contributed by atoms with Crippen LogP contribution in [-0.4, -0.2) is 23.9 Å². The lowest BCUT2D eigenvalue weighted by Crippen LogP contribution is -2.11. The molecule has 1 atom stereocenters. The molecule has 0 saturated heterocycles. The second-order valence-electron chi connectivity index (χ2n) is 6.53. The Morgan fingerprint density at radius 3 is 1.83 bits per heavy atom. The van der Waals surface area contributed by atoms with E-state index in [2.05, 4.69) is 0 Å². The monoisotopic (exact) mass is 420 g/mol. The highest BCUT2D eigenvalue weighted by atomic mass is 32.2. The van der Waals surface area contributed by atoms with Gasteiger partial charge in [-0.1, -0.05) is 91.0 Å². The molecule has 0 aliphatic rings. The van der Waals surface area contributed by atoms with Gasteiger partial charge in [0.1, 0.15) is 6.10 Å². The summed E-state index contributed by atoms with van der Waals surface area (Å²) in [7, 11) is -4.09. The van der Waals surface area contributed by atoms with Crippen molar-refractivity contribution in [2.75, 3.05) is 0 Å². The van der Waals surface area contributed by atoms with Crippen LogP contribution in [0.3, 0.4) is 0 Å². The zero-order valence-corrected chi connectivity index (χ0v) is 16.7. The minimum absolute atomic E-state index is 0.0730. The van der Waals surface area contributed by atoms with E-state index in [-0.39, 0.29) is 10.7 Å². The highest BCUT2D eigenvalue weighted by Crippen LogP contribution is 2.19. The van der Waals surface area contributed by atoms with Crippen LogP contribution < -0.4 is 0 Å². The lowest BCUT2D eigenvalue weighted by Gasteiger charge is -2.09. The second-order valence-corrected chi connectivity index (χ2v) is 7.95. The van der Waals surface area contributed by atoms with Crippen LogP contribution in [-0.2, 0) is 10.1 Å². The summed E-state index contributed by atoms with van der Waals surface area (Å²) in [6.45, 7) is 0. The van der Waals surface area contributed by atoms with Gasteiger partial charge in [-0.25, -0.2) is 0 Å². The molecule has 4 aromatic rings. The van der Waals surface area contributed by atoms with Gasteiger partial charge in [0.05, 0.1) is 4.90 Å². The van der Waals surface area contributed by atoms with Crippen LogP contribution in [0.15, 0.2) is 108 Å². The first kappa shape index (κ1) is 21.4. The maximum atomic E-state index is 11.9. The van der Waals surface area contributed by atoms with E-state index in [4.69, 9.17) is 4.55 Å². The predicted octanol–water partition coefficient (Wildman–Crippen LogP) is 4.69. The van der Waals surface area contributed by atoms with Crippen LogP contribution in [0.4, 0.5) is 0 Å². The maximum Gasteiger partial charge on any atom is 0.294 e. The lowest BCUT2D eigenvalue weighted by atomic mass is 10.0. The van der Waals surface area contributed by atoms with Crippen LogP contribution >= 0.6 is 0 Å². The zero-order valence-electron chi connectivity index (χ0n) is 15.9. The molecule has 2 N–H and O–H groups in total. The molecule has 152 valence electrons. The lowest BCUT2D eigenvalue weighted by molar-refractivity contribution is 0.0747. The SMILES string of the molecule is O=C(c1ccccc1)C(O)c1ccccc1.O=S(=O)(O)c1ccc2ccccc2c1. The number of fused-ring (bicyclic) bond motifs is 1. The Hall–Kier alpha value is -3.32. The number of ketones is 1. The van der Waals surface area contributed by atoms with Crippen LogP contribution in [0.25, 0.3) is 10.8 Å². The van der Waals surface area contributed by atoms with Crippen LogP contribution in [0.5, 0.6) is 0 Å². The fraction of sp³-hybridized carbons (Fsp3) is 0.0417. The molecule has 0 amide bonds. The van der Waals surface area contributed by atoms with E-state index in [9.17, 15) is 18.3 Å². The Kier molecular flexibility index (Phi) is 6.74. The molecular formula is C24H20O5S. The minimum atomic E-state index is -4.09. The molecule has 0 bridgehead atoms. The van der Waals surface area contributed by atoms with Gasteiger partial charge in [0.25, 0.3) is 10.1 Å². The van der Waals surface area contributed by atoms with Gasteiger partial charge >= 0.3 is 0 Å². The molecule has 0 heterocycles. The third-order valence-corrected chi connectivity index (χ3v) is 5.29. The molecule has 0 radical (unpaired) electrons. The first-order valence-electron chi connectivity index (χ1n) is 9.15. The number of Topliss-reactive ketones (excluding diaryl/α,β-unsaturated/α-hetero) is 1. The van der Waals surface area contributed by atoms with Crippen molar-refractivity contribution in [1.29, 1.82) is 0 Å². The summed E-state index contributed by atoms with van der Waals surface area (Å²) >= 11 is 0. The van der Waals surface area contributed by atoms with Gasteiger partial charge in [-0.15, -0.1) is 0 Å². The molecule has 4 aromatic carbocycles. The number of carbonyl (C=O) groups excluding carboxylic acids is 1. The fourth-order valence-electron chi connectivity index (χ4n) is 2.87.